The van der Waals surface area contributed by atoms with Gasteiger partial charge in [-0.3, -0.25) is 4.79 Å². The van der Waals surface area contributed by atoms with Crippen molar-refractivity contribution < 1.29 is 23.7 Å². The second-order valence-corrected chi connectivity index (χ2v) is 7.05. The third kappa shape index (κ3) is 4.24. The molecule has 1 unspecified atom stereocenters. The topological polar surface area (TPSA) is 57.2 Å². The van der Waals surface area contributed by atoms with Gasteiger partial charge >= 0.3 is 0 Å². The van der Waals surface area contributed by atoms with E-state index in [-0.39, 0.29) is 17.9 Å². The Hall–Kier alpha value is -2.54. The number of nitrogens with zero attached hydrogens (tertiary/aromatic N) is 1. The van der Waals surface area contributed by atoms with Crippen LogP contribution in [-0.2, 0) is 4.79 Å². The fourth-order valence-electron chi connectivity index (χ4n) is 2.97. The van der Waals surface area contributed by atoms with E-state index in [0.717, 1.165) is 11.3 Å². The number of rotatable bonds is 7. The molecular formula is C20H23NO5S. The lowest BCUT2D eigenvalue weighted by atomic mass is 10.1. The van der Waals surface area contributed by atoms with Gasteiger partial charge in [0.15, 0.2) is 18.1 Å². The van der Waals surface area contributed by atoms with Crippen molar-refractivity contribution in [1.29, 1.82) is 0 Å². The number of ether oxygens (including phenoxy) is 4. The molecule has 0 saturated carbocycles. The summed E-state index contributed by atoms with van der Waals surface area (Å²) in [5.74, 6) is 3.32. The van der Waals surface area contributed by atoms with Crippen molar-refractivity contribution in [3.63, 3.8) is 0 Å². The zero-order valence-corrected chi connectivity index (χ0v) is 16.5. The molecule has 144 valence electrons. The van der Waals surface area contributed by atoms with Gasteiger partial charge in [0.05, 0.1) is 21.3 Å². The number of hydrogen-bond donors (Lipinski definition) is 0. The summed E-state index contributed by atoms with van der Waals surface area (Å²) in [5.41, 5.74) is 0.880. The Labute approximate surface area is 163 Å². The smallest absolute Gasteiger partial charge is 0.261 e. The van der Waals surface area contributed by atoms with Crippen LogP contribution in [0, 0.1) is 0 Å². The van der Waals surface area contributed by atoms with E-state index in [9.17, 15) is 4.79 Å². The van der Waals surface area contributed by atoms with E-state index in [1.165, 1.54) is 0 Å². The van der Waals surface area contributed by atoms with Crippen LogP contribution in [0.25, 0.3) is 0 Å². The Kier molecular flexibility index (Phi) is 6.34. The molecule has 2 aromatic rings. The molecule has 1 aliphatic rings. The molecule has 27 heavy (non-hydrogen) atoms. The first-order valence-corrected chi connectivity index (χ1v) is 9.61. The number of para-hydroxylation sites is 1. The third-order valence-corrected chi connectivity index (χ3v) is 5.56. The highest BCUT2D eigenvalue weighted by Gasteiger charge is 2.33. The van der Waals surface area contributed by atoms with Crippen LogP contribution in [0.5, 0.6) is 23.0 Å². The number of carbonyl (C=O) groups is 1. The Morgan fingerprint density at radius 3 is 2.37 bits per heavy atom. The second kappa shape index (κ2) is 8.90. The third-order valence-electron chi connectivity index (χ3n) is 4.32. The highest BCUT2D eigenvalue weighted by Crippen LogP contribution is 2.45. The van der Waals surface area contributed by atoms with E-state index < -0.39 is 0 Å². The molecule has 3 rings (SSSR count). The van der Waals surface area contributed by atoms with Gasteiger partial charge in [-0.2, -0.15) is 0 Å². The molecule has 0 bridgehead atoms. The summed E-state index contributed by atoms with van der Waals surface area (Å²) in [6.07, 6.45) is 0. The van der Waals surface area contributed by atoms with Gasteiger partial charge < -0.3 is 23.8 Å². The van der Waals surface area contributed by atoms with E-state index in [1.807, 2.05) is 41.3 Å². The standard InChI is InChI=1S/C20H23NO5S/c1-23-16-12-18(25-3)17(24-2)11-15(16)20-21(9-10-27-20)19(22)13-26-14-7-5-4-6-8-14/h4-8,11-12,20H,9-10,13H2,1-3H3. The van der Waals surface area contributed by atoms with E-state index >= 15 is 0 Å². The number of amides is 1. The Bertz CT molecular complexity index is 783. The van der Waals surface area contributed by atoms with Crippen molar-refractivity contribution in [2.24, 2.45) is 0 Å². The van der Waals surface area contributed by atoms with Crippen LogP contribution < -0.4 is 18.9 Å². The zero-order chi connectivity index (χ0) is 19.2. The monoisotopic (exact) mass is 389 g/mol. The molecule has 7 heteroatoms. The Morgan fingerprint density at radius 2 is 1.70 bits per heavy atom. The van der Waals surface area contributed by atoms with Crippen LogP contribution in [-0.4, -0.2) is 51.0 Å². The van der Waals surface area contributed by atoms with Crippen LogP contribution in [0.15, 0.2) is 42.5 Å². The molecule has 0 spiro atoms. The number of thioether (sulfide) groups is 1. The zero-order valence-electron chi connectivity index (χ0n) is 15.6. The summed E-state index contributed by atoms with van der Waals surface area (Å²) >= 11 is 1.69. The van der Waals surface area contributed by atoms with Gasteiger partial charge in [-0.1, -0.05) is 18.2 Å². The Morgan fingerprint density at radius 1 is 1.04 bits per heavy atom. The molecule has 0 aromatic heterocycles. The van der Waals surface area contributed by atoms with E-state index in [4.69, 9.17) is 18.9 Å². The average molecular weight is 389 g/mol. The molecule has 0 aliphatic carbocycles. The quantitative estimate of drug-likeness (QED) is 0.724. The van der Waals surface area contributed by atoms with Crippen molar-refractivity contribution in [3.05, 3.63) is 48.0 Å². The van der Waals surface area contributed by atoms with Crippen molar-refractivity contribution in [1.82, 2.24) is 4.90 Å². The summed E-state index contributed by atoms with van der Waals surface area (Å²) in [4.78, 5) is 14.6. The van der Waals surface area contributed by atoms with Gasteiger partial charge in [0.25, 0.3) is 5.91 Å². The lowest BCUT2D eigenvalue weighted by molar-refractivity contribution is -0.133. The highest BCUT2D eigenvalue weighted by atomic mass is 32.2. The van der Waals surface area contributed by atoms with Crippen LogP contribution >= 0.6 is 11.8 Å². The largest absolute Gasteiger partial charge is 0.496 e. The van der Waals surface area contributed by atoms with Gasteiger partial charge in [0.2, 0.25) is 0 Å². The molecule has 1 heterocycles. The highest BCUT2D eigenvalue weighted by molar-refractivity contribution is 7.99. The molecule has 1 fully saturated rings. The van der Waals surface area contributed by atoms with Gasteiger partial charge in [-0.25, -0.2) is 0 Å². The first-order valence-electron chi connectivity index (χ1n) is 8.56. The van der Waals surface area contributed by atoms with Gasteiger partial charge in [-0.15, -0.1) is 11.8 Å². The fraction of sp³-hybridized carbons (Fsp3) is 0.350. The summed E-state index contributed by atoms with van der Waals surface area (Å²) in [7, 11) is 4.78. The van der Waals surface area contributed by atoms with Crippen molar-refractivity contribution >= 4 is 17.7 Å². The molecule has 1 atom stereocenters. The van der Waals surface area contributed by atoms with Crippen molar-refractivity contribution in [2.75, 3.05) is 40.2 Å². The molecule has 1 amide bonds. The van der Waals surface area contributed by atoms with Crippen molar-refractivity contribution in [3.8, 4) is 23.0 Å². The fourth-order valence-corrected chi connectivity index (χ4v) is 4.27. The molecule has 0 N–H and O–H groups in total. The van der Waals surface area contributed by atoms with Crippen LogP contribution in [0.2, 0.25) is 0 Å². The maximum Gasteiger partial charge on any atom is 0.261 e. The minimum absolute atomic E-state index is 0.00330. The average Bonchev–Trinajstić information content (AvgIpc) is 3.21. The summed E-state index contributed by atoms with van der Waals surface area (Å²) in [5, 5.41) is -0.161. The maximum absolute atomic E-state index is 12.8. The molecule has 2 aromatic carbocycles. The van der Waals surface area contributed by atoms with E-state index in [1.54, 1.807) is 39.2 Å². The lowest BCUT2D eigenvalue weighted by Gasteiger charge is -2.26. The van der Waals surface area contributed by atoms with Crippen LogP contribution in [0.1, 0.15) is 10.9 Å². The van der Waals surface area contributed by atoms with Crippen LogP contribution in [0.3, 0.4) is 0 Å². The minimum Gasteiger partial charge on any atom is -0.496 e. The summed E-state index contributed by atoms with van der Waals surface area (Å²) in [6, 6.07) is 13.0. The summed E-state index contributed by atoms with van der Waals surface area (Å²) in [6.45, 7) is 0.653. The molecule has 6 nitrogen and oxygen atoms in total. The van der Waals surface area contributed by atoms with Crippen molar-refractivity contribution in [2.45, 2.75) is 5.37 Å². The van der Waals surface area contributed by atoms with E-state index in [2.05, 4.69) is 0 Å². The Balaban J connectivity index is 1.80. The first-order chi connectivity index (χ1) is 13.2. The molecule has 1 aliphatic heterocycles. The molecular weight excluding hydrogens is 366 g/mol. The number of carbonyl (C=O) groups excluding carboxylic acids is 1. The van der Waals surface area contributed by atoms with E-state index in [0.29, 0.717) is 29.5 Å². The maximum atomic E-state index is 12.8. The lowest BCUT2D eigenvalue weighted by Crippen LogP contribution is -2.34. The first kappa shape index (κ1) is 19.2. The second-order valence-electron chi connectivity index (χ2n) is 5.86. The predicted molar refractivity (Wildman–Crippen MR) is 105 cm³/mol. The number of benzene rings is 2. The number of methoxy groups -OCH3 is 3. The van der Waals surface area contributed by atoms with Gasteiger partial charge in [0.1, 0.15) is 16.9 Å². The summed E-state index contributed by atoms with van der Waals surface area (Å²) < 4.78 is 21.9. The minimum atomic E-state index is -0.161. The normalized spacial score (nSPS) is 16.1. The van der Waals surface area contributed by atoms with Crippen LogP contribution in [0.4, 0.5) is 0 Å². The number of hydrogen-bond acceptors (Lipinski definition) is 6. The van der Waals surface area contributed by atoms with Gasteiger partial charge in [0, 0.05) is 23.9 Å². The molecule has 0 radical (unpaired) electrons. The van der Waals surface area contributed by atoms with Gasteiger partial charge in [-0.05, 0) is 18.2 Å². The predicted octanol–water partition coefficient (Wildman–Crippen LogP) is 3.37. The SMILES string of the molecule is COc1cc(OC)c(C2SCCN2C(=O)COc2ccccc2)cc1OC. The molecule has 1 saturated heterocycles.